The Morgan fingerprint density at radius 2 is 2.06 bits per heavy atom. The van der Waals surface area contributed by atoms with Crippen molar-refractivity contribution in [1.29, 1.82) is 0 Å². The third-order valence-corrected chi connectivity index (χ3v) is 2.85. The van der Waals surface area contributed by atoms with Crippen LogP contribution >= 0.6 is 0 Å². The van der Waals surface area contributed by atoms with E-state index in [-0.39, 0.29) is 0 Å². The van der Waals surface area contributed by atoms with E-state index in [1.807, 2.05) is 43.6 Å². The SMILES string of the molecule is Cc1cc(C2=CN=CC=CN2)c2ccccc2n1. The van der Waals surface area contributed by atoms with Gasteiger partial charge in [-0.1, -0.05) is 18.2 Å². The highest BCUT2D eigenvalue weighted by atomic mass is 14.9. The van der Waals surface area contributed by atoms with Crippen molar-refractivity contribution in [3.8, 4) is 0 Å². The van der Waals surface area contributed by atoms with Gasteiger partial charge in [-0.15, -0.1) is 0 Å². The van der Waals surface area contributed by atoms with Gasteiger partial charge in [0.15, 0.2) is 0 Å². The largest absolute Gasteiger partial charge is 0.360 e. The Balaban J connectivity index is 2.25. The van der Waals surface area contributed by atoms with Gasteiger partial charge in [0.25, 0.3) is 0 Å². The molecule has 0 saturated carbocycles. The number of pyridine rings is 1. The van der Waals surface area contributed by atoms with E-state index >= 15 is 0 Å². The Morgan fingerprint density at radius 1 is 1.17 bits per heavy atom. The Hall–Kier alpha value is -2.42. The van der Waals surface area contributed by atoms with E-state index in [2.05, 4.69) is 27.4 Å². The van der Waals surface area contributed by atoms with E-state index in [0.717, 1.165) is 27.9 Å². The summed E-state index contributed by atoms with van der Waals surface area (Å²) in [6.45, 7) is 2.01. The number of aryl methyl sites for hydroxylation is 1. The Morgan fingerprint density at radius 3 is 3.00 bits per heavy atom. The van der Waals surface area contributed by atoms with Crippen molar-refractivity contribution in [2.24, 2.45) is 4.99 Å². The number of benzene rings is 1. The van der Waals surface area contributed by atoms with Gasteiger partial charge in [-0.2, -0.15) is 0 Å². The molecular weight excluding hydrogens is 222 g/mol. The van der Waals surface area contributed by atoms with Crippen molar-refractivity contribution in [1.82, 2.24) is 10.3 Å². The number of nitrogens with zero attached hydrogens (tertiary/aromatic N) is 2. The summed E-state index contributed by atoms with van der Waals surface area (Å²) in [5.41, 5.74) is 4.12. The minimum atomic E-state index is 0.988. The summed E-state index contributed by atoms with van der Waals surface area (Å²) < 4.78 is 0. The molecule has 0 radical (unpaired) electrons. The minimum absolute atomic E-state index is 0.988. The first-order valence-electron chi connectivity index (χ1n) is 5.86. The molecule has 0 aliphatic carbocycles. The molecule has 88 valence electrons. The second-order valence-electron chi connectivity index (χ2n) is 4.17. The number of aliphatic imine (C=N–C) groups is 1. The van der Waals surface area contributed by atoms with Crippen LogP contribution in [0.1, 0.15) is 11.3 Å². The maximum atomic E-state index is 4.54. The fourth-order valence-electron chi connectivity index (χ4n) is 2.06. The van der Waals surface area contributed by atoms with E-state index in [1.165, 1.54) is 0 Å². The number of nitrogens with one attached hydrogen (secondary N) is 1. The molecule has 2 heterocycles. The maximum Gasteiger partial charge on any atom is 0.0711 e. The summed E-state index contributed by atoms with van der Waals surface area (Å²) in [6.07, 6.45) is 7.35. The summed E-state index contributed by atoms with van der Waals surface area (Å²) >= 11 is 0. The lowest BCUT2D eigenvalue weighted by Crippen LogP contribution is -2.04. The zero-order valence-electron chi connectivity index (χ0n) is 10.1. The minimum Gasteiger partial charge on any atom is -0.360 e. The molecule has 0 fully saturated rings. The quantitative estimate of drug-likeness (QED) is 0.825. The molecule has 0 amide bonds. The fourth-order valence-corrected chi connectivity index (χ4v) is 2.06. The van der Waals surface area contributed by atoms with Gasteiger partial charge in [-0.05, 0) is 25.1 Å². The lowest BCUT2D eigenvalue weighted by Gasteiger charge is -2.10. The van der Waals surface area contributed by atoms with Crippen LogP contribution in [-0.2, 0) is 0 Å². The standard InChI is InChI=1S/C15H13N3/c1-11-9-13(15-10-16-7-4-8-17-15)12-5-2-3-6-14(12)18-11/h2-10,17H,1H3. The van der Waals surface area contributed by atoms with Gasteiger partial charge < -0.3 is 5.32 Å². The van der Waals surface area contributed by atoms with Crippen molar-refractivity contribution in [2.75, 3.05) is 0 Å². The molecule has 3 rings (SSSR count). The zero-order chi connectivity index (χ0) is 12.4. The predicted octanol–water partition coefficient (Wildman–Crippen LogP) is 3.03. The molecule has 0 unspecified atom stereocenters. The molecule has 0 bridgehead atoms. The molecule has 3 nitrogen and oxygen atoms in total. The Labute approximate surface area is 106 Å². The molecule has 3 heteroatoms. The smallest absolute Gasteiger partial charge is 0.0711 e. The first kappa shape index (κ1) is 10.7. The number of allylic oxidation sites excluding steroid dienone is 1. The van der Waals surface area contributed by atoms with Crippen LogP contribution in [0.4, 0.5) is 0 Å². The highest BCUT2D eigenvalue weighted by Crippen LogP contribution is 2.24. The Kier molecular flexibility index (Phi) is 2.65. The third kappa shape index (κ3) is 1.91. The number of rotatable bonds is 1. The van der Waals surface area contributed by atoms with Gasteiger partial charge in [0.1, 0.15) is 0 Å². The van der Waals surface area contributed by atoms with Gasteiger partial charge in [0.05, 0.1) is 17.4 Å². The molecular formula is C15H13N3. The van der Waals surface area contributed by atoms with Gasteiger partial charge in [-0.3, -0.25) is 9.98 Å². The lowest BCUT2D eigenvalue weighted by atomic mass is 10.1. The molecule has 1 aromatic heterocycles. The fraction of sp³-hybridized carbons (Fsp3) is 0.0667. The second-order valence-corrected chi connectivity index (χ2v) is 4.17. The van der Waals surface area contributed by atoms with Gasteiger partial charge in [0, 0.05) is 29.1 Å². The predicted molar refractivity (Wildman–Crippen MR) is 75.2 cm³/mol. The topological polar surface area (TPSA) is 37.3 Å². The third-order valence-electron chi connectivity index (χ3n) is 2.85. The van der Waals surface area contributed by atoms with Crippen molar-refractivity contribution in [2.45, 2.75) is 6.92 Å². The summed E-state index contributed by atoms with van der Waals surface area (Å²) in [7, 11) is 0. The highest BCUT2D eigenvalue weighted by molar-refractivity contribution is 5.92. The van der Waals surface area contributed by atoms with Crippen molar-refractivity contribution in [3.05, 3.63) is 60.1 Å². The van der Waals surface area contributed by atoms with E-state index < -0.39 is 0 Å². The van der Waals surface area contributed by atoms with Crippen LogP contribution in [-0.4, -0.2) is 11.2 Å². The highest BCUT2D eigenvalue weighted by Gasteiger charge is 2.08. The molecule has 0 atom stereocenters. The Bertz CT molecular complexity index is 681. The summed E-state index contributed by atoms with van der Waals surface area (Å²) in [5, 5.41) is 4.38. The summed E-state index contributed by atoms with van der Waals surface area (Å²) in [6, 6.07) is 10.2. The normalized spacial score (nSPS) is 14.2. The first-order chi connectivity index (χ1) is 8.84. The lowest BCUT2D eigenvalue weighted by molar-refractivity contribution is 1.19. The molecule has 0 spiro atoms. The number of fused-ring (bicyclic) bond motifs is 1. The summed E-state index contributed by atoms with van der Waals surface area (Å²) in [5.74, 6) is 0. The number of hydrogen-bond acceptors (Lipinski definition) is 3. The number of hydrogen-bond donors (Lipinski definition) is 1. The van der Waals surface area contributed by atoms with Gasteiger partial charge in [-0.25, -0.2) is 0 Å². The van der Waals surface area contributed by atoms with E-state index in [0.29, 0.717) is 0 Å². The van der Waals surface area contributed by atoms with Gasteiger partial charge in [0.2, 0.25) is 0 Å². The molecule has 0 saturated heterocycles. The van der Waals surface area contributed by atoms with Gasteiger partial charge >= 0.3 is 0 Å². The monoisotopic (exact) mass is 235 g/mol. The van der Waals surface area contributed by atoms with E-state index in [1.54, 1.807) is 6.21 Å². The average Bonchev–Trinajstić information content (AvgIpc) is 2.66. The number of para-hydroxylation sites is 1. The van der Waals surface area contributed by atoms with E-state index in [4.69, 9.17) is 0 Å². The first-order valence-corrected chi connectivity index (χ1v) is 5.86. The average molecular weight is 235 g/mol. The maximum absolute atomic E-state index is 4.54. The van der Waals surface area contributed by atoms with Crippen LogP contribution < -0.4 is 5.32 Å². The van der Waals surface area contributed by atoms with Crippen molar-refractivity contribution in [3.63, 3.8) is 0 Å². The van der Waals surface area contributed by atoms with Crippen LogP contribution in [0.25, 0.3) is 16.6 Å². The zero-order valence-corrected chi connectivity index (χ0v) is 10.1. The molecule has 1 N–H and O–H groups in total. The second kappa shape index (κ2) is 4.45. The van der Waals surface area contributed by atoms with Crippen LogP contribution in [0.5, 0.6) is 0 Å². The molecule has 1 aromatic carbocycles. The number of aromatic nitrogens is 1. The molecule has 1 aliphatic heterocycles. The van der Waals surface area contributed by atoms with Crippen molar-refractivity contribution >= 4 is 22.8 Å². The molecule has 2 aromatic rings. The van der Waals surface area contributed by atoms with E-state index in [9.17, 15) is 0 Å². The molecule has 18 heavy (non-hydrogen) atoms. The van der Waals surface area contributed by atoms with Crippen LogP contribution in [0.3, 0.4) is 0 Å². The van der Waals surface area contributed by atoms with Crippen LogP contribution in [0, 0.1) is 6.92 Å². The van der Waals surface area contributed by atoms with Crippen LogP contribution in [0.2, 0.25) is 0 Å². The van der Waals surface area contributed by atoms with Crippen molar-refractivity contribution < 1.29 is 0 Å². The van der Waals surface area contributed by atoms with Crippen LogP contribution in [0.15, 0.2) is 53.8 Å². The molecule has 1 aliphatic rings. The summed E-state index contributed by atoms with van der Waals surface area (Å²) in [4.78, 5) is 8.75.